The number of benzene rings is 1. The summed E-state index contributed by atoms with van der Waals surface area (Å²) in [6.07, 6.45) is 1.44. The molecule has 0 aliphatic rings. The topological polar surface area (TPSA) is 73.0 Å². The van der Waals surface area contributed by atoms with Gasteiger partial charge in [0.15, 0.2) is 0 Å². The van der Waals surface area contributed by atoms with Crippen LogP contribution in [-0.4, -0.2) is 26.8 Å². The van der Waals surface area contributed by atoms with Crippen LogP contribution < -0.4 is 5.32 Å². The summed E-state index contributed by atoms with van der Waals surface area (Å²) in [5.41, 5.74) is 0. The van der Waals surface area contributed by atoms with Crippen LogP contribution in [-0.2, 0) is 7.05 Å². The number of nitrogens with one attached hydrogen (secondary N) is 1. The molecule has 0 spiro atoms. The summed E-state index contributed by atoms with van der Waals surface area (Å²) in [6, 6.07) is 10.0. The number of hydrogen-bond acceptors (Lipinski definition) is 5. The van der Waals surface area contributed by atoms with Crippen LogP contribution in [0.25, 0.3) is 0 Å². The predicted molar refractivity (Wildman–Crippen MR) is 75.5 cm³/mol. The Morgan fingerprint density at radius 2 is 2.16 bits per heavy atom. The zero-order chi connectivity index (χ0) is 13.7. The lowest BCUT2D eigenvalue weighted by atomic mass is 10.4. The van der Waals surface area contributed by atoms with Gasteiger partial charge in [0.1, 0.15) is 0 Å². The van der Waals surface area contributed by atoms with Crippen molar-refractivity contribution in [1.29, 1.82) is 0 Å². The van der Waals surface area contributed by atoms with E-state index < -0.39 is 4.92 Å². The third-order valence-electron chi connectivity index (χ3n) is 2.50. The molecule has 0 amide bonds. The minimum Gasteiger partial charge on any atom is -0.363 e. The minimum atomic E-state index is -0.479. The molecule has 2 rings (SSSR count). The van der Waals surface area contributed by atoms with Crippen LogP contribution in [0, 0.1) is 10.1 Å². The van der Waals surface area contributed by atoms with Crippen LogP contribution >= 0.6 is 11.8 Å². The first-order valence-electron chi connectivity index (χ1n) is 5.76. The fourth-order valence-corrected chi connectivity index (χ4v) is 2.40. The second-order valence-electron chi connectivity index (χ2n) is 3.87. The van der Waals surface area contributed by atoms with Gasteiger partial charge >= 0.3 is 5.82 Å². The second-order valence-corrected chi connectivity index (χ2v) is 5.04. The van der Waals surface area contributed by atoms with E-state index in [1.165, 1.54) is 11.2 Å². The SMILES string of the molecule is Cn1cnc([N+](=O)[O-])c1NCCSc1ccccc1. The van der Waals surface area contributed by atoms with E-state index in [9.17, 15) is 10.1 Å². The van der Waals surface area contributed by atoms with E-state index in [1.807, 2.05) is 30.3 Å². The standard InChI is InChI=1S/C12H14N4O2S/c1-15-9-14-12(16(17)18)11(15)13-7-8-19-10-5-3-2-4-6-10/h2-6,9,13H,7-8H2,1H3. The normalized spacial score (nSPS) is 10.4. The maximum atomic E-state index is 10.8. The van der Waals surface area contributed by atoms with Crippen LogP contribution in [0.5, 0.6) is 0 Å². The van der Waals surface area contributed by atoms with Crippen molar-refractivity contribution >= 4 is 23.4 Å². The van der Waals surface area contributed by atoms with E-state index in [4.69, 9.17) is 0 Å². The summed E-state index contributed by atoms with van der Waals surface area (Å²) in [7, 11) is 1.73. The van der Waals surface area contributed by atoms with Crippen LogP contribution in [0.15, 0.2) is 41.6 Å². The Labute approximate surface area is 115 Å². The smallest absolute Gasteiger partial charge is 0.363 e. The molecule has 1 N–H and O–H groups in total. The Morgan fingerprint density at radius 3 is 2.84 bits per heavy atom. The zero-order valence-corrected chi connectivity index (χ0v) is 11.3. The van der Waals surface area contributed by atoms with Gasteiger partial charge in [0.2, 0.25) is 12.1 Å². The lowest BCUT2D eigenvalue weighted by Crippen LogP contribution is -2.09. The zero-order valence-electron chi connectivity index (χ0n) is 10.4. The molecule has 0 radical (unpaired) electrons. The van der Waals surface area contributed by atoms with Crippen LogP contribution in [0.1, 0.15) is 0 Å². The number of nitrogens with zero attached hydrogens (tertiary/aromatic N) is 3. The molecule has 6 nitrogen and oxygen atoms in total. The molecule has 1 aromatic carbocycles. The van der Waals surface area contributed by atoms with Gasteiger partial charge in [-0.25, -0.2) is 0 Å². The van der Waals surface area contributed by atoms with Crippen LogP contribution in [0.2, 0.25) is 0 Å². The monoisotopic (exact) mass is 278 g/mol. The number of imidazole rings is 1. The van der Waals surface area contributed by atoms with Crippen molar-refractivity contribution in [2.45, 2.75) is 4.90 Å². The molecule has 0 saturated carbocycles. The minimum absolute atomic E-state index is 0.132. The number of aromatic nitrogens is 2. The highest BCUT2D eigenvalue weighted by Crippen LogP contribution is 2.21. The average Bonchev–Trinajstić information content (AvgIpc) is 2.77. The predicted octanol–water partition coefficient (Wildman–Crippen LogP) is 2.53. The summed E-state index contributed by atoms with van der Waals surface area (Å²) in [5, 5.41) is 13.8. The quantitative estimate of drug-likeness (QED) is 0.380. The van der Waals surface area contributed by atoms with E-state index in [0.29, 0.717) is 12.4 Å². The van der Waals surface area contributed by atoms with Crippen molar-refractivity contribution in [2.75, 3.05) is 17.6 Å². The number of rotatable bonds is 6. The summed E-state index contributed by atoms with van der Waals surface area (Å²) < 4.78 is 1.62. The maximum Gasteiger partial charge on any atom is 0.406 e. The largest absolute Gasteiger partial charge is 0.406 e. The fraction of sp³-hybridized carbons (Fsp3) is 0.250. The van der Waals surface area contributed by atoms with Gasteiger partial charge in [0, 0.05) is 24.2 Å². The molecule has 0 aliphatic carbocycles. The molecule has 0 atom stereocenters. The first kappa shape index (κ1) is 13.4. The highest BCUT2D eigenvalue weighted by atomic mass is 32.2. The molecule has 2 aromatic rings. The van der Waals surface area contributed by atoms with Gasteiger partial charge in [-0.2, -0.15) is 0 Å². The highest BCUT2D eigenvalue weighted by Gasteiger charge is 2.19. The average molecular weight is 278 g/mol. The second kappa shape index (κ2) is 6.24. The molecule has 0 saturated heterocycles. The Morgan fingerprint density at radius 1 is 1.42 bits per heavy atom. The third-order valence-corrected chi connectivity index (χ3v) is 3.51. The Bertz CT molecular complexity index is 556. The van der Waals surface area contributed by atoms with Gasteiger partial charge in [-0.3, -0.25) is 4.57 Å². The summed E-state index contributed by atoms with van der Waals surface area (Å²) in [6.45, 7) is 0.639. The van der Waals surface area contributed by atoms with Crippen LogP contribution in [0.3, 0.4) is 0 Å². The molecule has 0 fully saturated rings. The molecular weight excluding hydrogens is 264 g/mol. The lowest BCUT2D eigenvalue weighted by Gasteiger charge is -2.06. The molecule has 1 heterocycles. The number of hydrogen-bond donors (Lipinski definition) is 1. The molecule has 1 aromatic heterocycles. The van der Waals surface area contributed by atoms with Crippen molar-refractivity contribution in [1.82, 2.24) is 9.55 Å². The fourth-order valence-electron chi connectivity index (χ4n) is 1.61. The number of thioether (sulfide) groups is 1. The van der Waals surface area contributed by atoms with E-state index >= 15 is 0 Å². The first-order chi connectivity index (χ1) is 9.18. The Hall–Kier alpha value is -2.02. The number of anilines is 1. The van der Waals surface area contributed by atoms with E-state index in [-0.39, 0.29) is 5.82 Å². The molecule has 0 unspecified atom stereocenters. The van der Waals surface area contributed by atoms with Gasteiger partial charge in [-0.15, -0.1) is 11.8 Å². The lowest BCUT2D eigenvalue weighted by molar-refractivity contribution is -0.388. The van der Waals surface area contributed by atoms with E-state index in [2.05, 4.69) is 10.3 Å². The summed E-state index contributed by atoms with van der Waals surface area (Å²) >= 11 is 1.70. The van der Waals surface area contributed by atoms with Crippen molar-refractivity contribution in [3.05, 3.63) is 46.8 Å². The Kier molecular flexibility index (Phi) is 4.40. The van der Waals surface area contributed by atoms with Gasteiger partial charge in [-0.1, -0.05) is 18.2 Å². The molecule has 100 valence electrons. The Balaban J connectivity index is 1.86. The van der Waals surface area contributed by atoms with E-state index in [1.54, 1.807) is 23.4 Å². The molecule has 7 heteroatoms. The molecule has 0 aliphatic heterocycles. The highest BCUT2D eigenvalue weighted by molar-refractivity contribution is 7.99. The van der Waals surface area contributed by atoms with Gasteiger partial charge < -0.3 is 15.4 Å². The van der Waals surface area contributed by atoms with E-state index in [0.717, 1.165) is 5.75 Å². The van der Waals surface area contributed by atoms with Gasteiger partial charge in [0.05, 0.1) is 0 Å². The van der Waals surface area contributed by atoms with Gasteiger partial charge in [0.25, 0.3) is 0 Å². The van der Waals surface area contributed by atoms with Crippen LogP contribution in [0.4, 0.5) is 11.6 Å². The van der Waals surface area contributed by atoms with Crippen molar-refractivity contribution < 1.29 is 4.92 Å². The van der Waals surface area contributed by atoms with Crippen molar-refractivity contribution in [2.24, 2.45) is 7.05 Å². The summed E-state index contributed by atoms with van der Waals surface area (Å²) in [5.74, 6) is 1.14. The molecule has 0 bridgehead atoms. The number of nitro groups is 1. The molecular formula is C12H14N4O2S. The number of aryl methyl sites for hydroxylation is 1. The third kappa shape index (κ3) is 3.47. The summed E-state index contributed by atoms with van der Waals surface area (Å²) in [4.78, 5) is 15.2. The van der Waals surface area contributed by atoms with Crippen molar-refractivity contribution in [3.8, 4) is 0 Å². The van der Waals surface area contributed by atoms with Gasteiger partial charge in [-0.05, 0) is 22.0 Å². The van der Waals surface area contributed by atoms with Crippen molar-refractivity contribution in [3.63, 3.8) is 0 Å². The maximum absolute atomic E-state index is 10.8. The molecule has 19 heavy (non-hydrogen) atoms. The first-order valence-corrected chi connectivity index (χ1v) is 6.74.